The Labute approximate surface area is 166 Å². The average Bonchev–Trinajstić information content (AvgIpc) is 3.03. The molecule has 0 atom stereocenters. The molecule has 2 aromatic rings. The third kappa shape index (κ3) is 5.23. The summed E-state index contributed by atoms with van der Waals surface area (Å²) in [4.78, 5) is 28.3. The molecule has 1 aromatic heterocycles. The third-order valence-electron chi connectivity index (χ3n) is 4.33. The number of anilines is 1. The Morgan fingerprint density at radius 1 is 1.25 bits per heavy atom. The van der Waals surface area contributed by atoms with Crippen molar-refractivity contribution in [2.75, 3.05) is 25.0 Å². The molecule has 1 fully saturated rings. The fourth-order valence-corrected chi connectivity index (χ4v) is 2.84. The number of hydrogen-bond acceptors (Lipinski definition) is 5. The largest absolute Gasteiger partial charge is 0.343 e. The van der Waals surface area contributed by atoms with E-state index < -0.39 is 23.4 Å². The summed E-state index contributed by atoms with van der Waals surface area (Å²) in [6.45, 7) is 1.47. The van der Waals surface area contributed by atoms with E-state index >= 15 is 0 Å². The number of rotatable bonds is 5. The molecule has 0 saturated carbocycles. The van der Waals surface area contributed by atoms with Crippen molar-refractivity contribution in [2.24, 2.45) is 7.05 Å². The molecular weight excluding hydrogens is 394 g/mol. The SMILES string of the molecule is Cl.Cn1nc(C2CCNCC2)nc1NC(=O)CNC(=O)c1ccc(F)c(F)c1. The fourth-order valence-electron chi connectivity index (χ4n) is 2.84. The Morgan fingerprint density at radius 2 is 1.96 bits per heavy atom. The van der Waals surface area contributed by atoms with Gasteiger partial charge in [-0.3, -0.25) is 14.9 Å². The summed E-state index contributed by atoms with van der Waals surface area (Å²) in [7, 11) is 1.67. The second-order valence-corrected chi connectivity index (χ2v) is 6.30. The molecule has 1 saturated heterocycles. The second-order valence-electron chi connectivity index (χ2n) is 6.30. The number of benzene rings is 1. The molecule has 1 aromatic carbocycles. The first-order valence-corrected chi connectivity index (χ1v) is 8.59. The number of halogens is 3. The van der Waals surface area contributed by atoms with Gasteiger partial charge in [-0.1, -0.05) is 0 Å². The number of amides is 2. The van der Waals surface area contributed by atoms with Crippen LogP contribution in [0.15, 0.2) is 18.2 Å². The molecule has 0 unspecified atom stereocenters. The van der Waals surface area contributed by atoms with Gasteiger partial charge in [-0.25, -0.2) is 13.5 Å². The number of hydrogen-bond donors (Lipinski definition) is 3. The lowest BCUT2D eigenvalue weighted by atomic mass is 9.98. The average molecular weight is 415 g/mol. The number of aromatic nitrogens is 3. The van der Waals surface area contributed by atoms with Crippen LogP contribution in [0, 0.1) is 11.6 Å². The van der Waals surface area contributed by atoms with Crippen LogP contribution in [0.5, 0.6) is 0 Å². The smallest absolute Gasteiger partial charge is 0.251 e. The van der Waals surface area contributed by atoms with Crippen LogP contribution in [-0.4, -0.2) is 46.2 Å². The molecule has 1 aliphatic heterocycles. The van der Waals surface area contributed by atoms with Gasteiger partial charge < -0.3 is 10.6 Å². The van der Waals surface area contributed by atoms with Crippen molar-refractivity contribution in [2.45, 2.75) is 18.8 Å². The van der Waals surface area contributed by atoms with Crippen molar-refractivity contribution in [1.82, 2.24) is 25.4 Å². The number of nitrogens with one attached hydrogen (secondary N) is 3. The molecule has 152 valence electrons. The Balaban J connectivity index is 0.00000280. The van der Waals surface area contributed by atoms with E-state index in [1.165, 1.54) is 4.68 Å². The van der Waals surface area contributed by atoms with Crippen molar-refractivity contribution < 1.29 is 18.4 Å². The van der Waals surface area contributed by atoms with E-state index in [9.17, 15) is 18.4 Å². The molecular formula is C17H21ClF2N6O2. The minimum Gasteiger partial charge on any atom is -0.343 e. The molecule has 3 N–H and O–H groups in total. The van der Waals surface area contributed by atoms with Crippen LogP contribution in [0.2, 0.25) is 0 Å². The summed E-state index contributed by atoms with van der Waals surface area (Å²) >= 11 is 0. The molecule has 0 spiro atoms. The van der Waals surface area contributed by atoms with Gasteiger partial charge in [-0.2, -0.15) is 10.1 Å². The summed E-state index contributed by atoms with van der Waals surface area (Å²) < 4.78 is 27.6. The minimum atomic E-state index is -1.13. The highest BCUT2D eigenvalue weighted by Gasteiger charge is 2.21. The third-order valence-corrected chi connectivity index (χ3v) is 4.33. The van der Waals surface area contributed by atoms with E-state index in [2.05, 4.69) is 26.0 Å². The fraction of sp³-hybridized carbons (Fsp3) is 0.412. The number of piperidine rings is 1. The molecule has 28 heavy (non-hydrogen) atoms. The van der Waals surface area contributed by atoms with Crippen LogP contribution in [0.25, 0.3) is 0 Å². The highest BCUT2D eigenvalue weighted by Crippen LogP contribution is 2.23. The molecule has 0 bridgehead atoms. The van der Waals surface area contributed by atoms with Crippen LogP contribution in [-0.2, 0) is 11.8 Å². The maximum atomic E-state index is 13.2. The summed E-state index contributed by atoms with van der Waals surface area (Å²) in [5.74, 6) is -2.14. The lowest BCUT2D eigenvalue weighted by Crippen LogP contribution is -2.33. The van der Waals surface area contributed by atoms with Crippen molar-refractivity contribution in [3.8, 4) is 0 Å². The molecule has 2 heterocycles. The molecule has 0 radical (unpaired) electrons. The first kappa shape index (κ1) is 21.7. The summed E-state index contributed by atoms with van der Waals surface area (Å²) in [6.07, 6.45) is 1.86. The molecule has 2 amide bonds. The van der Waals surface area contributed by atoms with E-state index in [0.29, 0.717) is 5.82 Å². The summed E-state index contributed by atoms with van der Waals surface area (Å²) in [6, 6.07) is 2.77. The molecule has 3 rings (SSSR count). The Bertz CT molecular complexity index is 854. The number of nitrogens with zero attached hydrogens (tertiary/aromatic N) is 3. The van der Waals surface area contributed by atoms with Gasteiger partial charge in [0.05, 0.1) is 6.54 Å². The van der Waals surface area contributed by atoms with Crippen molar-refractivity contribution >= 4 is 30.2 Å². The number of carbonyl (C=O) groups excluding carboxylic acids is 2. The first-order valence-electron chi connectivity index (χ1n) is 8.59. The minimum absolute atomic E-state index is 0. The lowest BCUT2D eigenvalue weighted by molar-refractivity contribution is -0.115. The number of aryl methyl sites for hydroxylation is 1. The normalized spacial score (nSPS) is 14.2. The van der Waals surface area contributed by atoms with Crippen molar-refractivity contribution in [1.29, 1.82) is 0 Å². The van der Waals surface area contributed by atoms with Gasteiger partial charge in [0.25, 0.3) is 5.91 Å². The first-order chi connectivity index (χ1) is 12.9. The zero-order chi connectivity index (χ0) is 19.4. The van der Waals surface area contributed by atoms with E-state index in [1.807, 2.05) is 0 Å². The van der Waals surface area contributed by atoms with E-state index in [4.69, 9.17) is 0 Å². The predicted octanol–water partition coefficient (Wildman–Crippen LogP) is 1.35. The maximum absolute atomic E-state index is 13.2. The number of carbonyl (C=O) groups is 2. The maximum Gasteiger partial charge on any atom is 0.251 e. The van der Waals surface area contributed by atoms with Crippen molar-refractivity contribution in [3.05, 3.63) is 41.2 Å². The molecule has 8 nitrogen and oxygen atoms in total. The van der Waals surface area contributed by atoms with Gasteiger partial charge in [-0.05, 0) is 44.1 Å². The zero-order valence-electron chi connectivity index (χ0n) is 15.2. The van der Waals surface area contributed by atoms with E-state index in [-0.39, 0.29) is 36.4 Å². The Hall–Kier alpha value is -2.59. The second kappa shape index (κ2) is 9.56. The Morgan fingerprint density at radius 3 is 2.64 bits per heavy atom. The quantitative estimate of drug-likeness (QED) is 0.685. The van der Waals surface area contributed by atoms with Gasteiger partial charge in [0, 0.05) is 18.5 Å². The predicted molar refractivity (Wildman–Crippen MR) is 100 cm³/mol. The van der Waals surface area contributed by atoms with E-state index in [1.54, 1.807) is 7.05 Å². The van der Waals surface area contributed by atoms with E-state index in [0.717, 1.165) is 44.1 Å². The van der Waals surface area contributed by atoms with Gasteiger partial charge in [-0.15, -0.1) is 12.4 Å². The van der Waals surface area contributed by atoms with Gasteiger partial charge >= 0.3 is 0 Å². The van der Waals surface area contributed by atoms with Crippen molar-refractivity contribution in [3.63, 3.8) is 0 Å². The highest BCUT2D eigenvalue weighted by molar-refractivity contribution is 5.98. The Kier molecular flexibility index (Phi) is 7.41. The molecule has 11 heteroatoms. The van der Waals surface area contributed by atoms with Crippen LogP contribution < -0.4 is 16.0 Å². The van der Waals surface area contributed by atoms with Gasteiger partial charge in [0.1, 0.15) is 0 Å². The van der Waals surface area contributed by atoms with Crippen LogP contribution in [0.4, 0.5) is 14.7 Å². The van der Waals surface area contributed by atoms with Gasteiger partial charge in [0.15, 0.2) is 17.5 Å². The van der Waals surface area contributed by atoms with Gasteiger partial charge in [0.2, 0.25) is 11.9 Å². The lowest BCUT2D eigenvalue weighted by Gasteiger charge is -2.19. The topological polar surface area (TPSA) is 101 Å². The standard InChI is InChI=1S/C17H20F2N6O2.ClH/c1-25-17(23-15(24-25)10-4-6-20-7-5-10)22-14(26)9-21-16(27)11-2-3-12(18)13(19)8-11;/h2-3,8,10,20H,4-7,9H2,1H3,(H,21,27)(H,22,23,24,26);1H. The van der Waals surface area contributed by atoms with Crippen LogP contribution in [0.3, 0.4) is 0 Å². The van der Waals surface area contributed by atoms with Crippen LogP contribution >= 0.6 is 12.4 Å². The molecule has 0 aliphatic carbocycles. The summed E-state index contributed by atoms with van der Waals surface area (Å²) in [5.41, 5.74) is -0.0754. The summed E-state index contributed by atoms with van der Waals surface area (Å²) in [5, 5.41) is 12.5. The van der Waals surface area contributed by atoms with Crippen LogP contribution in [0.1, 0.15) is 34.9 Å². The zero-order valence-corrected chi connectivity index (χ0v) is 16.0. The highest BCUT2D eigenvalue weighted by atomic mass is 35.5. The monoisotopic (exact) mass is 414 g/mol. The molecule has 1 aliphatic rings.